The zero-order valence-corrected chi connectivity index (χ0v) is 26.3. The van der Waals surface area contributed by atoms with Crippen LogP contribution in [0.25, 0.3) is 0 Å². The highest BCUT2D eigenvalue weighted by Crippen LogP contribution is 2.14. The molecular formula is C34H66O5. The fraction of sp³-hybridized carbons (Fsp3) is 0.941. The molecule has 0 aliphatic heterocycles. The molecule has 232 valence electrons. The number of carbonyl (C=O) groups excluding carboxylic acids is 2. The maximum absolute atomic E-state index is 11.6. The molecule has 0 saturated carbocycles. The lowest BCUT2D eigenvalue weighted by Crippen LogP contribution is -2.16. The Morgan fingerprint density at radius 3 is 0.769 bits per heavy atom. The van der Waals surface area contributed by atoms with E-state index in [2.05, 4.69) is 18.6 Å². The Morgan fingerprint density at radius 1 is 0.333 bits per heavy atom. The third-order valence-electron chi connectivity index (χ3n) is 7.60. The van der Waals surface area contributed by atoms with Crippen LogP contribution < -0.4 is 0 Å². The van der Waals surface area contributed by atoms with Gasteiger partial charge in [-0.15, -0.1) is 0 Å². The standard InChI is InChI=1S/C34H66O5/c1-3-5-7-9-11-13-15-17-19-21-23-25-27-29-31-37-33(35)39-34(36)38-32-30-28-26-24-22-20-18-16-14-12-10-8-6-4-2/h3-32H2,1-2H3. The Kier molecular flexibility index (Phi) is 31.9. The third-order valence-corrected chi connectivity index (χ3v) is 7.60. The van der Waals surface area contributed by atoms with E-state index in [1.165, 1.54) is 141 Å². The molecular weight excluding hydrogens is 488 g/mol. The monoisotopic (exact) mass is 554 g/mol. The van der Waals surface area contributed by atoms with Crippen molar-refractivity contribution in [2.45, 2.75) is 194 Å². The third kappa shape index (κ3) is 32.8. The molecule has 0 aromatic carbocycles. The second kappa shape index (κ2) is 32.9. The van der Waals surface area contributed by atoms with E-state index in [9.17, 15) is 9.59 Å². The predicted octanol–water partition coefficient (Wildman–Crippen LogP) is 12.2. The van der Waals surface area contributed by atoms with E-state index < -0.39 is 12.3 Å². The molecule has 0 bridgehead atoms. The van der Waals surface area contributed by atoms with Gasteiger partial charge in [-0.1, -0.05) is 181 Å². The summed E-state index contributed by atoms with van der Waals surface area (Å²) in [6, 6.07) is 0. The largest absolute Gasteiger partial charge is 0.518 e. The minimum absolute atomic E-state index is 0.295. The molecule has 0 heterocycles. The number of unbranched alkanes of at least 4 members (excludes halogenated alkanes) is 26. The summed E-state index contributed by atoms with van der Waals surface area (Å²) in [5.41, 5.74) is 0. The van der Waals surface area contributed by atoms with Gasteiger partial charge in [-0.2, -0.15) is 0 Å². The molecule has 0 aliphatic carbocycles. The summed E-state index contributed by atoms with van der Waals surface area (Å²) in [4.78, 5) is 23.2. The summed E-state index contributed by atoms with van der Waals surface area (Å²) < 4.78 is 14.5. The van der Waals surface area contributed by atoms with Gasteiger partial charge in [-0.25, -0.2) is 9.59 Å². The lowest BCUT2D eigenvalue weighted by Gasteiger charge is -2.06. The molecule has 0 amide bonds. The van der Waals surface area contributed by atoms with Crippen LogP contribution in [0.3, 0.4) is 0 Å². The molecule has 0 aromatic heterocycles. The molecule has 0 saturated heterocycles. The van der Waals surface area contributed by atoms with Gasteiger partial charge in [-0.3, -0.25) is 0 Å². The number of rotatable bonds is 30. The van der Waals surface area contributed by atoms with Crippen LogP contribution in [-0.4, -0.2) is 25.5 Å². The number of ether oxygens (including phenoxy) is 3. The first-order chi connectivity index (χ1) is 19.2. The fourth-order valence-corrected chi connectivity index (χ4v) is 5.03. The van der Waals surface area contributed by atoms with Crippen molar-refractivity contribution in [2.24, 2.45) is 0 Å². The van der Waals surface area contributed by atoms with Gasteiger partial charge in [0.15, 0.2) is 0 Å². The summed E-state index contributed by atoms with van der Waals surface area (Å²) in [7, 11) is 0. The van der Waals surface area contributed by atoms with Gasteiger partial charge in [-0.05, 0) is 12.8 Å². The van der Waals surface area contributed by atoms with Gasteiger partial charge < -0.3 is 14.2 Å². The zero-order valence-electron chi connectivity index (χ0n) is 26.3. The van der Waals surface area contributed by atoms with Crippen molar-refractivity contribution in [2.75, 3.05) is 13.2 Å². The van der Waals surface area contributed by atoms with Crippen molar-refractivity contribution in [3.63, 3.8) is 0 Å². The normalized spacial score (nSPS) is 11.0. The van der Waals surface area contributed by atoms with Crippen LogP contribution in [0, 0.1) is 0 Å². The van der Waals surface area contributed by atoms with E-state index in [1.54, 1.807) is 0 Å². The van der Waals surface area contributed by atoms with Crippen molar-refractivity contribution in [3.05, 3.63) is 0 Å². The van der Waals surface area contributed by atoms with Gasteiger partial charge in [0, 0.05) is 0 Å². The van der Waals surface area contributed by atoms with Gasteiger partial charge in [0.1, 0.15) is 0 Å². The SMILES string of the molecule is CCCCCCCCCCCCCCCCOC(=O)OC(=O)OCCCCCCCCCCCCCCCC. The highest BCUT2D eigenvalue weighted by Gasteiger charge is 2.12. The minimum atomic E-state index is -0.948. The van der Waals surface area contributed by atoms with Crippen molar-refractivity contribution in [1.82, 2.24) is 0 Å². The molecule has 0 spiro atoms. The van der Waals surface area contributed by atoms with Crippen LogP contribution in [-0.2, 0) is 14.2 Å². The molecule has 0 radical (unpaired) electrons. The van der Waals surface area contributed by atoms with Crippen molar-refractivity contribution in [1.29, 1.82) is 0 Å². The van der Waals surface area contributed by atoms with Crippen LogP contribution in [0.5, 0.6) is 0 Å². The molecule has 0 aliphatic rings. The first-order valence-electron chi connectivity index (χ1n) is 17.2. The molecule has 0 rings (SSSR count). The lowest BCUT2D eigenvalue weighted by atomic mass is 10.0. The van der Waals surface area contributed by atoms with E-state index in [0.717, 1.165) is 38.5 Å². The molecule has 0 fully saturated rings. The highest BCUT2D eigenvalue weighted by atomic mass is 16.8. The molecule has 39 heavy (non-hydrogen) atoms. The second-order valence-corrected chi connectivity index (χ2v) is 11.5. The number of hydrogen-bond acceptors (Lipinski definition) is 5. The summed E-state index contributed by atoms with van der Waals surface area (Å²) in [6.45, 7) is 5.12. The van der Waals surface area contributed by atoms with Gasteiger partial charge in [0.05, 0.1) is 13.2 Å². The summed E-state index contributed by atoms with van der Waals surface area (Å²) in [5.74, 6) is 0. The smallest absolute Gasteiger partial charge is 0.434 e. The van der Waals surface area contributed by atoms with E-state index in [4.69, 9.17) is 9.47 Å². The second-order valence-electron chi connectivity index (χ2n) is 11.5. The molecule has 0 N–H and O–H groups in total. The van der Waals surface area contributed by atoms with E-state index in [0.29, 0.717) is 13.2 Å². The van der Waals surface area contributed by atoms with Crippen molar-refractivity contribution < 1.29 is 23.8 Å². The van der Waals surface area contributed by atoms with Crippen LogP contribution in [0.15, 0.2) is 0 Å². The Balaban J connectivity index is 3.27. The van der Waals surface area contributed by atoms with Crippen LogP contribution in [0.4, 0.5) is 9.59 Å². The Hall–Kier alpha value is -1.26. The fourth-order valence-electron chi connectivity index (χ4n) is 5.03. The summed E-state index contributed by atoms with van der Waals surface area (Å²) in [6.07, 6.45) is 34.0. The van der Waals surface area contributed by atoms with Gasteiger partial charge in [0.2, 0.25) is 0 Å². The molecule has 0 atom stereocenters. The van der Waals surface area contributed by atoms with E-state index >= 15 is 0 Å². The first kappa shape index (κ1) is 37.7. The number of hydrogen-bond donors (Lipinski definition) is 0. The maximum Gasteiger partial charge on any atom is 0.518 e. The lowest BCUT2D eigenvalue weighted by molar-refractivity contribution is 0.0353. The van der Waals surface area contributed by atoms with E-state index in [1.807, 2.05) is 0 Å². The molecule has 0 aromatic rings. The summed E-state index contributed by atoms with van der Waals surface area (Å²) >= 11 is 0. The molecule has 0 unspecified atom stereocenters. The quantitative estimate of drug-likeness (QED) is 0.0502. The summed E-state index contributed by atoms with van der Waals surface area (Å²) in [5, 5.41) is 0. The highest BCUT2D eigenvalue weighted by molar-refractivity contribution is 5.76. The Bertz CT molecular complexity index is 464. The van der Waals surface area contributed by atoms with Gasteiger partial charge >= 0.3 is 12.3 Å². The molecule has 5 heteroatoms. The first-order valence-corrected chi connectivity index (χ1v) is 17.2. The average Bonchev–Trinajstić information content (AvgIpc) is 2.93. The van der Waals surface area contributed by atoms with Crippen LogP contribution in [0.2, 0.25) is 0 Å². The van der Waals surface area contributed by atoms with Crippen molar-refractivity contribution >= 4 is 12.3 Å². The zero-order chi connectivity index (χ0) is 28.5. The van der Waals surface area contributed by atoms with E-state index in [-0.39, 0.29) is 0 Å². The van der Waals surface area contributed by atoms with Crippen LogP contribution in [0.1, 0.15) is 194 Å². The Labute approximate surface area is 242 Å². The Morgan fingerprint density at radius 2 is 0.538 bits per heavy atom. The number of carbonyl (C=O) groups is 2. The van der Waals surface area contributed by atoms with Crippen molar-refractivity contribution in [3.8, 4) is 0 Å². The predicted molar refractivity (Wildman–Crippen MR) is 164 cm³/mol. The van der Waals surface area contributed by atoms with Gasteiger partial charge in [0.25, 0.3) is 0 Å². The topological polar surface area (TPSA) is 61.8 Å². The molecule has 5 nitrogen and oxygen atoms in total. The maximum atomic E-state index is 11.6. The minimum Gasteiger partial charge on any atom is -0.434 e. The van der Waals surface area contributed by atoms with Crippen LogP contribution >= 0.6 is 0 Å². The average molecular weight is 555 g/mol.